The van der Waals surface area contributed by atoms with Gasteiger partial charge in [-0.05, 0) is 60.7 Å². The molecule has 22 heavy (non-hydrogen) atoms. The highest BCUT2D eigenvalue weighted by molar-refractivity contribution is 7.07. The van der Waals surface area contributed by atoms with Gasteiger partial charge in [-0.2, -0.15) is 11.3 Å². The topological polar surface area (TPSA) is 38.2 Å². The number of likely N-dealkylation sites (tertiary alicyclic amines) is 1. The molecule has 0 bridgehead atoms. The first-order valence-electron chi connectivity index (χ1n) is 7.96. The second kappa shape index (κ2) is 6.07. The average Bonchev–Trinajstić information content (AvgIpc) is 3.16. The van der Waals surface area contributed by atoms with Crippen LogP contribution in [-0.4, -0.2) is 34.1 Å². The molecule has 0 N–H and O–H groups in total. The number of aryl methyl sites for hydroxylation is 1. The molecular weight excluding hydrogens is 294 g/mol. The molecule has 2 aliphatic heterocycles. The van der Waals surface area contributed by atoms with Crippen LogP contribution in [0.4, 0.5) is 0 Å². The Morgan fingerprint density at radius 1 is 1.41 bits per heavy atom. The van der Waals surface area contributed by atoms with Crippen LogP contribution in [-0.2, 0) is 11.3 Å². The molecule has 5 heteroatoms. The Balaban J connectivity index is 1.41. The number of ether oxygens (including phenoxy) is 1. The van der Waals surface area contributed by atoms with Gasteiger partial charge in [0, 0.05) is 19.3 Å². The predicted octanol–water partition coefficient (Wildman–Crippen LogP) is 3.20. The van der Waals surface area contributed by atoms with Crippen molar-refractivity contribution in [3.8, 4) is 0 Å². The third-order valence-electron chi connectivity index (χ3n) is 4.75. The summed E-state index contributed by atoms with van der Waals surface area (Å²) in [5, 5.41) is 4.40. The molecule has 2 aromatic rings. The second-order valence-corrected chi connectivity index (χ2v) is 7.12. The quantitative estimate of drug-likeness (QED) is 0.872. The Bertz CT molecular complexity index is 631. The lowest BCUT2D eigenvalue weighted by molar-refractivity contribution is -0.0107. The van der Waals surface area contributed by atoms with Gasteiger partial charge in [-0.3, -0.25) is 4.90 Å². The van der Waals surface area contributed by atoms with Gasteiger partial charge in [0.05, 0.1) is 11.8 Å². The van der Waals surface area contributed by atoms with Gasteiger partial charge in [-0.25, -0.2) is 9.97 Å². The summed E-state index contributed by atoms with van der Waals surface area (Å²) < 4.78 is 6.33. The number of hydrogen-bond donors (Lipinski definition) is 0. The van der Waals surface area contributed by atoms with E-state index >= 15 is 0 Å². The van der Waals surface area contributed by atoms with Gasteiger partial charge < -0.3 is 4.74 Å². The van der Waals surface area contributed by atoms with Gasteiger partial charge in [0.2, 0.25) is 0 Å². The first-order valence-corrected chi connectivity index (χ1v) is 8.90. The second-order valence-electron chi connectivity index (χ2n) is 6.34. The highest BCUT2D eigenvalue weighted by atomic mass is 32.1. The Labute approximate surface area is 135 Å². The maximum Gasteiger partial charge on any atom is 0.125 e. The van der Waals surface area contributed by atoms with Gasteiger partial charge in [0.15, 0.2) is 0 Å². The summed E-state index contributed by atoms with van der Waals surface area (Å²) in [6.45, 7) is 5.21. The van der Waals surface area contributed by atoms with Crippen LogP contribution in [0.5, 0.6) is 0 Å². The van der Waals surface area contributed by atoms with Crippen LogP contribution in [0.3, 0.4) is 0 Å². The van der Waals surface area contributed by atoms with Crippen molar-refractivity contribution in [3.63, 3.8) is 0 Å². The fourth-order valence-electron chi connectivity index (χ4n) is 3.62. The third kappa shape index (κ3) is 2.93. The van der Waals surface area contributed by atoms with Crippen molar-refractivity contribution in [1.29, 1.82) is 0 Å². The highest BCUT2D eigenvalue weighted by Gasteiger charge is 2.40. The van der Waals surface area contributed by atoms with E-state index in [1.807, 2.05) is 19.2 Å². The summed E-state index contributed by atoms with van der Waals surface area (Å²) in [7, 11) is 0. The van der Waals surface area contributed by atoms with Crippen LogP contribution >= 0.6 is 11.3 Å². The zero-order valence-electron chi connectivity index (χ0n) is 12.8. The molecule has 0 radical (unpaired) electrons. The molecule has 4 rings (SSSR count). The van der Waals surface area contributed by atoms with E-state index in [0.717, 1.165) is 31.0 Å². The van der Waals surface area contributed by atoms with Crippen molar-refractivity contribution in [2.24, 2.45) is 5.92 Å². The van der Waals surface area contributed by atoms with E-state index in [0.29, 0.717) is 12.0 Å². The number of thiophene rings is 1. The number of hydrogen-bond acceptors (Lipinski definition) is 5. The van der Waals surface area contributed by atoms with Crippen molar-refractivity contribution in [2.75, 3.05) is 13.1 Å². The number of fused-ring (bicyclic) bond motifs is 1. The lowest BCUT2D eigenvalue weighted by Crippen LogP contribution is -2.41. The Hall–Kier alpha value is -1.30. The Morgan fingerprint density at radius 2 is 2.36 bits per heavy atom. The van der Waals surface area contributed by atoms with E-state index in [1.165, 1.54) is 18.5 Å². The molecule has 2 fully saturated rings. The lowest BCUT2D eigenvalue weighted by Gasteiger charge is -2.33. The van der Waals surface area contributed by atoms with Crippen LogP contribution in [0.1, 0.15) is 36.0 Å². The minimum Gasteiger partial charge on any atom is -0.367 e. The van der Waals surface area contributed by atoms with Crippen LogP contribution < -0.4 is 0 Å². The van der Waals surface area contributed by atoms with E-state index in [1.54, 1.807) is 11.3 Å². The molecule has 116 valence electrons. The third-order valence-corrected chi connectivity index (χ3v) is 5.48. The normalized spacial score (nSPS) is 28.7. The summed E-state index contributed by atoms with van der Waals surface area (Å²) in [5.41, 5.74) is 2.47. The summed E-state index contributed by atoms with van der Waals surface area (Å²) in [5.74, 6) is 1.51. The van der Waals surface area contributed by atoms with Crippen LogP contribution in [0.2, 0.25) is 0 Å². The summed E-state index contributed by atoms with van der Waals surface area (Å²) >= 11 is 1.77. The molecule has 0 aliphatic carbocycles. The summed E-state index contributed by atoms with van der Waals surface area (Å²) in [6, 6.07) is 4.22. The summed E-state index contributed by atoms with van der Waals surface area (Å²) in [6.07, 6.45) is 4.68. The van der Waals surface area contributed by atoms with E-state index in [-0.39, 0.29) is 6.10 Å². The molecule has 0 unspecified atom stereocenters. The molecule has 2 saturated heterocycles. The molecular formula is C17H21N3OS. The Kier molecular flexibility index (Phi) is 3.94. The fraction of sp³-hybridized carbons (Fsp3) is 0.529. The van der Waals surface area contributed by atoms with Gasteiger partial charge in [-0.1, -0.05) is 0 Å². The molecule has 4 heterocycles. The maximum absolute atomic E-state index is 6.33. The van der Waals surface area contributed by atoms with E-state index in [4.69, 9.17) is 4.74 Å². The zero-order valence-corrected chi connectivity index (χ0v) is 13.6. The smallest absolute Gasteiger partial charge is 0.125 e. The van der Waals surface area contributed by atoms with Gasteiger partial charge >= 0.3 is 0 Å². The number of piperidine rings is 1. The van der Waals surface area contributed by atoms with Gasteiger partial charge in [-0.15, -0.1) is 0 Å². The molecule has 0 aromatic carbocycles. The number of aromatic nitrogens is 2. The molecule has 0 saturated carbocycles. The minimum atomic E-state index is 0.151. The predicted molar refractivity (Wildman–Crippen MR) is 86.7 cm³/mol. The van der Waals surface area contributed by atoms with Crippen LogP contribution in [0.15, 0.2) is 29.1 Å². The van der Waals surface area contributed by atoms with E-state index < -0.39 is 0 Å². The number of nitrogens with zero attached hydrogens (tertiary/aromatic N) is 3. The van der Waals surface area contributed by atoms with Gasteiger partial charge in [0.1, 0.15) is 11.9 Å². The van der Waals surface area contributed by atoms with E-state index in [2.05, 4.69) is 31.7 Å². The largest absolute Gasteiger partial charge is 0.367 e. The fourth-order valence-corrected chi connectivity index (χ4v) is 4.28. The highest BCUT2D eigenvalue weighted by Crippen LogP contribution is 2.40. The van der Waals surface area contributed by atoms with Crippen LogP contribution in [0.25, 0.3) is 0 Å². The molecule has 0 amide bonds. The first kappa shape index (κ1) is 14.3. The summed E-state index contributed by atoms with van der Waals surface area (Å²) in [4.78, 5) is 11.3. The van der Waals surface area contributed by atoms with E-state index in [9.17, 15) is 0 Å². The Morgan fingerprint density at radius 3 is 3.18 bits per heavy atom. The maximum atomic E-state index is 6.33. The van der Waals surface area contributed by atoms with Crippen molar-refractivity contribution in [3.05, 3.63) is 46.2 Å². The van der Waals surface area contributed by atoms with Crippen molar-refractivity contribution < 1.29 is 4.74 Å². The van der Waals surface area contributed by atoms with Crippen molar-refractivity contribution in [1.82, 2.24) is 14.9 Å². The molecule has 2 aromatic heterocycles. The van der Waals surface area contributed by atoms with Crippen molar-refractivity contribution in [2.45, 2.75) is 38.5 Å². The SMILES string of the molecule is Cc1nccc([C@@H]2C[C@H]3CCN(Cc4ccsc4)C[C@@H]3O2)n1. The minimum absolute atomic E-state index is 0.151. The standard InChI is InChI=1S/C17H21N3OS/c1-12-18-5-2-15(19-12)16-8-14-3-6-20(10-17(14)21-16)9-13-4-7-22-11-13/h2,4-5,7,11,14,16-17H,3,6,8-10H2,1H3/t14-,16+,17+/m1/s1. The van der Waals surface area contributed by atoms with Gasteiger partial charge in [0.25, 0.3) is 0 Å². The lowest BCUT2D eigenvalue weighted by atomic mass is 9.91. The van der Waals surface area contributed by atoms with Crippen molar-refractivity contribution >= 4 is 11.3 Å². The molecule has 2 aliphatic rings. The molecule has 4 nitrogen and oxygen atoms in total. The number of rotatable bonds is 3. The molecule has 3 atom stereocenters. The average molecular weight is 315 g/mol. The van der Waals surface area contributed by atoms with Crippen LogP contribution in [0, 0.1) is 12.8 Å². The monoisotopic (exact) mass is 315 g/mol. The molecule has 0 spiro atoms. The first-order chi connectivity index (χ1) is 10.8. The zero-order chi connectivity index (χ0) is 14.9.